The zero-order valence-corrected chi connectivity index (χ0v) is 21.0. The minimum Gasteiger partial charge on any atom is -0.492 e. The molecule has 190 valence electrons. The van der Waals surface area contributed by atoms with Crippen LogP contribution in [0.4, 0.5) is 10.5 Å². The minimum absolute atomic E-state index is 0.198. The lowest BCUT2D eigenvalue weighted by molar-refractivity contribution is 0.0322. The van der Waals surface area contributed by atoms with Gasteiger partial charge < -0.3 is 20.1 Å². The summed E-state index contributed by atoms with van der Waals surface area (Å²) in [4.78, 5) is 17.5. The maximum absolute atomic E-state index is 12.7. The van der Waals surface area contributed by atoms with Crippen LogP contribution in [-0.2, 0) is 17.8 Å². The average Bonchev–Trinajstić information content (AvgIpc) is 2.90. The molecule has 35 heavy (non-hydrogen) atoms. The van der Waals surface area contributed by atoms with Gasteiger partial charge in [0.2, 0.25) is 0 Å². The van der Waals surface area contributed by atoms with Gasteiger partial charge in [-0.15, -0.1) is 0 Å². The van der Waals surface area contributed by atoms with Crippen molar-refractivity contribution in [2.24, 2.45) is 0 Å². The Morgan fingerprint density at radius 2 is 1.89 bits per heavy atom. The van der Waals surface area contributed by atoms with Gasteiger partial charge in [-0.05, 0) is 49.2 Å². The van der Waals surface area contributed by atoms with Gasteiger partial charge in [-0.25, -0.2) is 4.79 Å². The lowest BCUT2D eigenvalue weighted by Gasteiger charge is -2.31. The lowest BCUT2D eigenvalue weighted by atomic mass is 9.94. The molecule has 2 amide bonds. The molecule has 7 nitrogen and oxygen atoms in total. The first-order valence-corrected chi connectivity index (χ1v) is 13.0. The summed E-state index contributed by atoms with van der Waals surface area (Å²) in [5.74, 6) is 0.828. The van der Waals surface area contributed by atoms with Gasteiger partial charge in [-0.3, -0.25) is 9.80 Å². The summed E-state index contributed by atoms with van der Waals surface area (Å²) in [5.41, 5.74) is 3.02. The topological polar surface area (TPSA) is 66.1 Å². The van der Waals surface area contributed by atoms with Gasteiger partial charge in [0, 0.05) is 44.5 Å². The Morgan fingerprint density at radius 1 is 1.09 bits per heavy atom. The van der Waals surface area contributed by atoms with E-state index in [-0.39, 0.29) is 6.03 Å². The highest BCUT2D eigenvalue weighted by atomic mass is 16.5. The van der Waals surface area contributed by atoms with Crippen molar-refractivity contribution >= 4 is 11.7 Å². The van der Waals surface area contributed by atoms with Crippen LogP contribution in [0.1, 0.15) is 43.2 Å². The molecule has 0 unspecified atom stereocenters. The van der Waals surface area contributed by atoms with Gasteiger partial charge >= 0.3 is 6.03 Å². The molecule has 1 aliphatic heterocycles. The average molecular weight is 481 g/mol. The molecule has 0 bridgehead atoms. The Bertz CT molecular complexity index is 926. The molecule has 1 saturated heterocycles. The van der Waals surface area contributed by atoms with E-state index in [1.54, 1.807) is 0 Å². The van der Waals surface area contributed by atoms with Crippen molar-refractivity contribution in [2.75, 3.05) is 51.8 Å². The molecular weight excluding hydrogens is 440 g/mol. The SMILES string of the molecule is CN(Cc1ccccc1NC(=O)NCc1cccc(OCCN2CCOCC2)c1)C1CCCCC1. The smallest absolute Gasteiger partial charge is 0.319 e. The van der Waals surface area contributed by atoms with Crippen LogP contribution in [0.5, 0.6) is 5.75 Å². The number of benzene rings is 2. The quantitative estimate of drug-likeness (QED) is 0.525. The molecule has 1 aliphatic carbocycles. The van der Waals surface area contributed by atoms with Crippen molar-refractivity contribution in [3.63, 3.8) is 0 Å². The lowest BCUT2D eigenvalue weighted by Crippen LogP contribution is -2.38. The molecule has 0 spiro atoms. The van der Waals surface area contributed by atoms with E-state index in [0.717, 1.165) is 62.0 Å². The predicted octanol–water partition coefficient (Wildman–Crippen LogP) is 4.48. The maximum Gasteiger partial charge on any atom is 0.319 e. The second-order valence-electron chi connectivity index (χ2n) is 9.62. The zero-order chi connectivity index (χ0) is 24.3. The number of urea groups is 1. The van der Waals surface area contributed by atoms with Crippen molar-refractivity contribution in [1.82, 2.24) is 15.1 Å². The Kier molecular flexibility index (Phi) is 9.81. The van der Waals surface area contributed by atoms with E-state index in [1.807, 2.05) is 42.5 Å². The van der Waals surface area contributed by atoms with E-state index in [4.69, 9.17) is 9.47 Å². The molecule has 0 aromatic heterocycles. The summed E-state index contributed by atoms with van der Waals surface area (Å²) in [5, 5.41) is 6.04. The van der Waals surface area contributed by atoms with Crippen molar-refractivity contribution in [3.05, 3.63) is 59.7 Å². The highest BCUT2D eigenvalue weighted by Crippen LogP contribution is 2.25. The van der Waals surface area contributed by atoms with Gasteiger partial charge in [-0.1, -0.05) is 49.6 Å². The fraction of sp³-hybridized carbons (Fsp3) is 0.536. The van der Waals surface area contributed by atoms with Crippen LogP contribution in [0.3, 0.4) is 0 Å². The molecule has 2 aliphatic rings. The Labute approximate surface area is 209 Å². The summed E-state index contributed by atoms with van der Waals surface area (Å²) < 4.78 is 11.3. The number of para-hydroxylation sites is 1. The van der Waals surface area contributed by atoms with Crippen LogP contribution < -0.4 is 15.4 Å². The maximum atomic E-state index is 12.7. The number of carbonyl (C=O) groups is 1. The Morgan fingerprint density at radius 3 is 2.71 bits per heavy atom. The number of carbonyl (C=O) groups excluding carboxylic acids is 1. The van der Waals surface area contributed by atoms with Gasteiger partial charge in [-0.2, -0.15) is 0 Å². The minimum atomic E-state index is -0.198. The molecule has 7 heteroatoms. The van der Waals surface area contributed by atoms with E-state index in [0.29, 0.717) is 19.2 Å². The third-order valence-corrected chi connectivity index (χ3v) is 7.01. The Balaban J connectivity index is 1.23. The second kappa shape index (κ2) is 13.5. The highest BCUT2D eigenvalue weighted by molar-refractivity contribution is 5.90. The number of rotatable bonds is 10. The summed E-state index contributed by atoms with van der Waals surface area (Å²) in [6.07, 6.45) is 6.52. The van der Waals surface area contributed by atoms with Gasteiger partial charge in [0.25, 0.3) is 0 Å². The number of nitrogens with zero attached hydrogens (tertiary/aromatic N) is 2. The van der Waals surface area contributed by atoms with Crippen molar-refractivity contribution in [3.8, 4) is 5.75 Å². The molecule has 4 rings (SSSR count). The van der Waals surface area contributed by atoms with E-state index >= 15 is 0 Å². The van der Waals surface area contributed by atoms with Crippen molar-refractivity contribution in [1.29, 1.82) is 0 Å². The molecule has 2 fully saturated rings. The van der Waals surface area contributed by atoms with E-state index < -0.39 is 0 Å². The van der Waals surface area contributed by atoms with E-state index in [9.17, 15) is 4.79 Å². The number of nitrogens with one attached hydrogen (secondary N) is 2. The molecule has 0 atom stereocenters. The Hall–Kier alpha value is -2.61. The van der Waals surface area contributed by atoms with Crippen LogP contribution >= 0.6 is 0 Å². The number of morpholine rings is 1. The summed E-state index contributed by atoms with van der Waals surface area (Å²) >= 11 is 0. The molecule has 2 N–H and O–H groups in total. The third kappa shape index (κ3) is 8.23. The van der Waals surface area contributed by atoms with Crippen LogP contribution in [0.15, 0.2) is 48.5 Å². The van der Waals surface area contributed by atoms with Crippen LogP contribution in [0, 0.1) is 0 Å². The summed E-state index contributed by atoms with van der Waals surface area (Å²) in [6, 6.07) is 16.4. The van der Waals surface area contributed by atoms with Gasteiger partial charge in [0.05, 0.1) is 13.2 Å². The fourth-order valence-corrected chi connectivity index (χ4v) is 4.91. The molecule has 1 heterocycles. The first-order chi connectivity index (χ1) is 17.2. The van der Waals surface area contributed by atoms with Gasteiger partial charge in [0.1, 0.15) is 12.4 Å². The van der Waals surface area contributed by atoms with Crippen LogP contribution in [0.25, 0.3) is 0 Å². The predicted molar refractivity (Wildman–Crippen MR) is 140 cm³/mol. The second-order valence-corrected chi connectivity index (χ2v) is 9.62. The largest absolute Gasteiger partial charge is 0.492 e. The number of hydrogen-bond acceptors (Lipinski definition) is 5. The number of ether oxygens (including phenoxy) is 2. The van der Waals surface area contributed by atoms with Crippen LogP contribution in [-0.4, -0.2) is 68.4 Å². The molecule has 0 radical (unpaired) electrons. The fourth-order valence-electron chi connectivity index (χ4n) is 4.91. The zero-order valence-electron chi connectivity index (χ0n) is 21.0. The monoisotopic (exact) mass is 480 g/mol. The summed E-state index contributed by atoms with van der Waals surface area (Å²) in [6.45, 7) is 6.33. The van der Waals surface area contributed by atoms with Gasteiger partial charge in [0.15, 0.2) is 0 Å². The first-order valence-electron chi connectivity index (χ1n) is 13.0. The van der Waals surface area contributed by atoms with E-state index in [2.05, 4.69) is 33.5 Å². The number of amides is 2. The number of hydrogen-bond donors (Lipinski definition) is 2. The molecular formula is C28H40N4O3. The third-order valence-electron chi connectivity index (χ3n) is 7.01. The first kappa shape index (κ1) is 25.5. The highest BCUT2D eigenvalue weighted by Gasteiger charge is 2.19. The molecule has 1 saturated carbocycles. The standard InChI is InChI=1S/C28H40N4O3/c1-31(25-10-3-2-4-11-25)22-24-9-5-6-13-27(24)30-28(33)29-21-23-8-7-12-26(20-23)35-19-16-32-14-17-34-18-15-32/h5-9,12-13,20,25H,2-4,10-11,14-19,21-22H2,1H3,(H2,29,30,33). The van der Waals surface area contributed by atoms with Crippen molar-refractivity contribution in [2.45, 2.75) is 51.2 Å². The summed E-state index contributed by atoms with van der Waals surface area (Å²) in [7, 11) is 2.20. The van der Waals surface area contributed by atoms with Crippen molar-refractivity contribution < 1.29 is 14.3 Å². The van der Waals surface area contributed by atoms with E-state index in [1.165, 1.54) is 32.1 Å². The van der Waals surface area contributed by atoms with Crippen LogP contribution in [0.2, 0.25) is 0 Å². The number of anilines is 1. The normalized spacial score (nSPS) is 17.3. The molecule has 2 aromatic carbocycles. The molecule has 2 aromatic rings.